The van der Waals surface area contributed by atoms with E-state index in [2.05, 4.69) is 10.6 Å². The van der Waals surface area contributed by atoms with Gasteiger partial charge in [-0.2, -0.15) is 0 Å². The number of carbonyl (C=O) groups is 2. The van der Waals surface area contributed by atoms with E-state index in [1.54, 1.807) is 24.3 Å². The van der Waals surface area contributed by atoms with Crippen molar-refractivity contribution < 1.29 is 9.59 Å². The lowest BCUT2D eigenvalue weighted by Crippen LogP contribution is -2.27. The molecule has 0 aromatic heterocycles. The SMILES string of the molecule is Cl.O=C(Nc1ccc(C(=O)N2CCCC2)cc1)c1ccc2c(c1)CCN2. The van der Waals surface area contributed by atoms with E-state index < -0.39 is 0 Å². The van der Waals surface area contributed by atoms with Gasteiger partial charge in [0, 0.05) is 42.1 Å². The molecular weight excluding hydrogens is 350 g/mol. The van der Waals surface area contributed by atoms with Crippen molar-refractivity contribution >= 4 is 35.6 Å². The smallest absolute Gasteiger partial charge is 0.255 e. The molecule has 0 unspecified atom stereocenters. The number of amides is 2. The number of benzene rings is 2. The molecule has 0 atom stereocenters. The molecule has 136 valence electrons. The molecule has 0 bridgehead atoms. The Balaban J connectivity index is 0.00000196. The molecule has 1 saturated heterocycles. The van der Waals surface area contributed by atoms with Gasteiger partial charge in [-0.15, -0.1) is 12.4 Å². The molecule has 2 heterocycles. The molecule has 6 heteroatoms. The molecule has 2 aromatic carbocycles. The molecule has 1 fully saturated rings. The fourth-order valence-electron chi connectivity index (χ4n) is 3.45. The van der Waals surface area contributed by atoms with Crippen LogP contribution in [0.2, 0.25) is 0 Å². The van der Waals surface area contributed by atoms with E-state index >= 15 is 0 Å². The average molecular weight is 372 g/mol. The van der Waals surface area contributed by atoms with E-state index in [9.17, 15) is 9.59 Å². The molecule has 4 rings (SSSR count). The molecule has 26 heavy (non-hydrogen) atoms. The van der Waals surface area contributed by atoms with E-state index in [0.29, 0.717) is 16.8 Å². The first-order chi connectivity index (χ1) is 12.2. The molecule has 2 amide bonds. The summed E-state index contributed by atoms with van der Waals surface area (Å²) in [5, 5.41) is 6.19. The zero-order valence-electron chi connectivity index (χ0n) is 14.5. The predicted octanol–water partition coefficient (Wildman–Crippen LogP) is 3.56. The standard InChI is InChI=1S/C20H21N3O2.ClH/c24-19(16-5-8-18-15(13-16)9-10-21-18)22-17-6-3-14(4-7-17)20(25)23-11-1-2-12-23;/h3-8,13,21H,1-2,9-12H2,(H,22,24);1H. The monoisotopic (exact) mass is 371 g/mol. The quantitative estimate of drug-likeness (QED) is 0.867. The topological polar surface area (TPSA) is 61.4 Å². The first-order valence-corrected chi connectivity index (χ1v) is 8.78. The van der Waals surface area contributed by atoms with E-state index in [1.165, 1.54) is 5.56 Å². The Morgan fingerprint density at radius 3 is 2.38 bits per heavy atom. The third kappa shape index (κ3) is 3.68. The van der Waals surface area contributed by atoms with Crippen LogP contribution in [-0.2, 0) is 6.42 Å². The lowest BCUT2D eigenvalue weighted by molar-refractivity contribution is 0.0792. The van der Waals surface area contributed by atoms with E-state index in [1.807, 2.05) is 23.1 Å². The fraction of sp³-hybridized carbons (Fsp3) is 0.300. The Morgan fingerprint density at radius 1 is 0.962 bits per heavy atom. The van der Waals surface area contributed by atoms with Crippen molar-refractivity contribution in [1.82, 2.24) is 4.90 Å². The highest BCUT2D eigenvalue weighted by Gasteiger charge is 2.19. The number of anilines is 2. The number of hydrogen-bond acceptors (Lipinski definition) is 3. The molecule has 2 aliphatic heterocycles. The lowest BCUT2D eigenvalue weighted by Gasteiger charge is -2.15. The Kier molecular flexibility index (Phi) is 5.47. The molecule has 0 radical (unpaired) electrons. The number of hydrogen-bond donors (Lipinski definition) is 2. The number of rotatable bonds is 3. The maximum atomic E-state index is 12.4. The fourth-order valence-corrected chi connectivity index (χ4v) is 3.45. The van der Waals surface area contributed by atoms with Crippen LogP contribution >= 0.6 is 12.4 Å². The van der Waals surface area contributed by atoms with Crippen LogP contribution < -0.4 is 10.6 Å². The Hall–Kier alpha value is -2.53. The van der Waals surface area contributed by atoms with Crippen molar-refractivity contribution in [2.24, 2.45) is 0 Å². The van der Waals surface area contributed by atoms with Crippen LogP contribution in [0.5, 0.6) is 0 Å². The Morgan fingerprint density at radius 2 is 1.65 bits per heavy atom. The van der Waals surface area contributed by atoms with Crippen LogP contribution in [-0.4, -0.2) is 36.3 Å². The van der Waals surface area contributed by atoms with Gasteiger partial charge in [0.05, 0.1) is 0 Å². The minimum absolute atomic E-state index is 0. The van der Waals surface area contributed by atoms with E-state index in [-0.39, 0.29) is 24.2 Å². The van der Waals surface area contributed by atoms with Crippen LogP contribution in [0.15, 0.2) is 42.5 Å². The molecule has 0 saturated carbocycles. The van der Waals surface area contributed by atoms with Gasteiger partial charge in [-0.1, -0.05) is 0 Å². The maximum absolute atomic E-state index is 12.4. The van der Waals surface area contributed by atoms with Gasteiger partial charge in [-0.05, 0) is 67.3 Å². The number of nitrogens with one attached hydrogen (secondary N) is 2. The number of fused-ring (bicyclic) bond motifs is 1. The van der Waals surface area contributed by atoms with Crippen LogP contribution in [0.4, 0.5) is 11.4 Å². The third-order valence-electron chi connectivity index (χ3n) is 4.86. The number of likely N-dealkylation sites (tertiary alicyclic amines) is 1. The van der Waals surface area contributed by atoms with Crippen LogP contribution in [0, 0.1) is 0 Å². The maximum Gasteiger partial charge on any atom is 0.255 e. The number of halogens is 1. The van der Waals surface area contributed by atoms with Crippen molar-refractivity contribution in [2.45, 2.75) is 19.3 Å². The summed E-state index contributed by atoms with van der Waals surface area (Å²) in [7, 11) is 0. The summed E-state index contributed by atoms with van der Waals surface area (Å²) in [6.45, 7) is 2.60. The lowest BCUT2D eigenvalue weighted by atomic mass is 10.1. The molecule has 5 nitrogen and oxygen atoms in total. The molecule has 2 aromatic rings. The van der Waals surface area contributed by atoms with Gasteiger partial charge in [-0.25, -0.2) is 0 Å². The zero-order valence-corrected chi connectivity index (χ0v) is 15.3. The highest BCUT2D eigenvalue weighted by molar-refractivity contribution is 6.05. The summed E-state index contributed by atoms with van der Waals surface area (Å²) in [6, 6.07) is 12.9. The van der Waals surface area contributed by atoms with E-state index in [0.717, 1.165) is 44.6 Å². The van der Waals surface area contributed by atoms with Gasteiger partial charge >= 0.3 is 0 Å². The first kappa shape index (κ1) is 18.3. The van der Waals surface area contributed by atoms with Gasteiger partial charge in [0.25, 0.3) is 11.8 Å². The predicted molar refractivity (Wildman–Crippen MR) is 105 cm³/mol. The first-order valence-electron chi connectivity index (χ1n) is 8.78. The van der Waals surface area contributed by atoms with Crippen molar-refractivity contribution in [3.63, 3.8) is 0 Å². The minimum atomic E-state index is -0.131. The van der Waals surface area contributed by atoms with Gasteiger partial charge in [0.1, 0.15) is 0 Å². The van der Waals surface area contributed by atoms with Crippen molar-refractivity contribution in [3.8, 4) is 0 Å². The Labute approximate surface area is 159 Å². The molecular formula is C20H22ClN3O2. The molecule has 2 aliphatic rings. The summed E-state index contributed by atoms with van der Waals surface area (Å²) in [6.07, 6.45) is 3.11. The van der Waals surface area contributed by atoms with E-state index in [4.69, 9.17) is 0 Å². The second kappa shape index (κ2) is 7.79. The summed E-state index contributed by atoms with van der Waals surface area (Å²) in [4.78, 5) is 26.7. The van der Waals surface area contributed by atoms with Crippen LogP contribution in [0.25, 0.3) is 0 Å². The number of nitrogens with zero attached hydrogens (tertiary/aromatic N) is 1. The van der Waals surface area contributed by atoms with Gasteiger partial charge in [0.2, 0.25) is 0 Å². The summed E-state index contributed by atoms with van der Waals surface area (Å²) in [5.74, 6) is -0.0604. The Bertz CT molecular complexity index is 814. The summed E-state index contributed by atoms with van der Waals surface area (Å²) >= 11 is 0. The number of carbonyl (C=O) groups excluding carboxylic acids is 2. The molecule has 0 aliphatic carbocycles. The minimum Gasteiger partial charge on any atom is -0.384 e. The summed E-state index contributed by atoms with van der Waals surface area (Å²) < 4.78 is 0. The second-order valence-electron chi connectivity index (χ2n) is 6.58. The second-order valence-corrected chi connectivity index (χ2v) is 6.58. The zero-order chi connectivity index (χ0) is 17.2. The molecule has 0 spiro atoms. The third-order valence-corrected chi connectivity index (χ3v) is 4.86. The van der Waals surface area contributed by atoms with Crippen molar-refractivity contribution in [3.05, 3.63) is 59.2 Å². The normalized spacial score (nSPS) is 15.0. The van der Waals surface area contributed by atoms with Crippen molar-refractivity contribution in [2.75, 3.05) is 30.3 Å². The largest absolute Gasteiger partial charge is 0.384 e. The van der Waals surface area contributed by atoms with Gasteiger partial charge < -0.3 is 15.5 Å². The summed E-state index contributed by atoms with van der Waals surface area (Å²) in [5.41, 5.74) is 4.31. The van der Waals surface area contributed by atoms with Gasteiger partial charge in [-0.3, -0.25) is 9.59 Å². The highest BCUT2D eigenvalue weighted by Crippen LogP contribution is 2.23. The highest BCUT2D eigenvalue weighted by atomic mass is 35.5. The van der Waals surface area contributed by atoms with Crippen LogP contribution in [0.3, 0.4) is 0 Å². The average Bonchev–Trinajstić information content (AvgIpc) is 3.32. The van der Waals surface area contributed by atoms with Gasteiger partial charge in [0.15, 0.2) is 0 Å². The van der Waals surface area contributed by atoms with Crippen LogP contribution in [0.1, 0.15) is 39.1 Å². The van der Waals surface area contributed by atoms with Crippen molar-refractivity contribution in [1.29, 1.82) is 0 Å². The molecule has 2 N–H and O–H groups in total.